The van der Waals surface area contributed by atoms with Gasteiger partial charge in [0.2, 0.25) is 10.0 Å². The summed E-state index contributed by atoms with van der Waals surface area (Å²) in [4.78, 5) is 0. The molecule has 0 aliphatic rings. The summed E-state index contributed by atoms with van der Waals surface area (Å²) in [6.45, 7) is 1.43. The van der Waals surface area contributed by atoms with Gasteiger partial charge in [-0.25, -0.2) is 8.42 Å². The maximum absolute atomic E-state index is 11.3. The fourth-order valence-electron chi connectivity index (χ4n) is 1.04. The second kappa shape index (κ2) is 4.43. The third-order valence-corrected chi connectivity index (χ3v) is 2.98. The second-order valence-corrected chi connectivity index (χ2v) is 4.87. The molecule has 4 nitrogen and oxygen atoms in total. The minimum absolute atomic E-state index is 0.290. The van der Waals surface area contributed by atoms with Crippen molar-refractivity contribution in [1.82, 2.24) is 0 Å². The number of aliphatic hydroxyl groups is 1. The van der Waals surface area contributed by atoms with Crippen LogP contribution < -0.4 is 4.72 Å². The molecule has 0 amide bonds. The largest absolute Gasteiger partial charge is 0.392 e. The topological polar surface area (TPSA) is 66.4 Å². The average molecular weight is 215 g/mol. The van der Waals surface area contributed by atoms with Gasteiger partial charge in [0.15, 0.2) is 0 Å². The molecule has 0 spiro atoms. The van der Waals surface area contributed by atoms with E-state index in [1.165, 1.54) is 6.92 Å². The third-order valence-electron chi connectivity index (χ3n) is 1.51. The van der Waals surface area contributed by atoms with Crippen molar-refractivity contribution in [1.29, 1.82) is 0 Å². The zero-order chi connectivity index (χ0) is 10.6. The highest BCUT2D eigenvalue weighted by atomic mass is 32.2. The number of benzene rings is 1. The van der Waals surface area contributed by atoms with Crippen LogP contribution in [0.2, 0.25) is 0 Å². The first-order valence-corrected chi connectivity index (χ1v) is 5.88. The molecule has 14 heavy (non-hydrogen) atoms. The van der Waals surface area contributed by atoms with Crippen LogP contribution in [0, 0.1) is 0 Å². The Morgan fingerprint density at radius 2 is 1.93 bits per heavy atom. The first kappa shape index (κ1) is 11.0. The monoisotopic (exact) mass is 215 g/mol. The summed E-state index contributed by atoms with van der Waals surface area (Å²) in [5.41, 5.74) is 0.508. The number of nitrogens with one attached hydrogen (secondary N) is 1. The minimum Gasteiger partial charge on any atom is -0.392 e. The van der Waals surface area contributed by atoms with E-state index in [2.05, 4.69) is 4.72 Å². The molecule has 5 heteroatoms. The first-order chi connectivity index (χ1) is 6.49. The molecule has 0 heterocycles. The van der Waals surface area contributed by atoms with Gasteiger partial charge in [0.25, 0.3) is 0 Å². The number of hydrogen-bond donors (Lipinski definition) is 2. The summed E-state index contributed by atoms with van der Waals surface area (Å²) in [5, 5.41) is 8.95. The maximum atomic E-state index is 11.3. The Labute approximate surface area is 83.6 Å². The Bertz CT molecular complexity index is 372. The molecule has 0 bridgehead atoms. The molecular weight excluding hydrogens is 202 g/mol. The summed E-state index contributed by atoms with van der Waals surface area (Å²) in [6.07, 6.45) is -0.865. The van der Waals surface area contributed by atoms with Crippen LogP contribution in [0.5, 0.6) is 0 Å². The van der Waals surface area contributed by atoms with Gasteiger partial charge in [-0.2, -0.15) is 0 Å². The lowest BCUT2D eigenvalue weighted by Gasteiger charge is -2.08. The Balaban J connectivity index is 2.70. The standard InChI is InChI=1S/C9H13NO3S/c1-8(11)7-14(12,13)10-9-5-3-2-4-6-9/h2-6,8,10-11H,7H2,1H3. The van der Waals surface area contributed by atoms with Crippen LogP contribution in [0.1, 0.15) is 6.92 Å². The summed E-state index contributed by atoms with van der Waals surface area (Å²) in [5.74, 6) is -0.290. The third kappa shape index (κ3) is 3.76. The van der Waals surface area contributed by atoms with Crippen molar-refractivity contribution in [2.45, 2.75) is 13.0 Å². The summed E-state index contributed by atoms with van der Waals surface area (Å²) < 4.78 is 25.0. The van der Waals surface area contributed by atoms with Crippen LogP contribution in [-0.2, 0) is 10.0 Å². The number of para-hydroxylation sites is 1. The smallest absolute Gasteiger partial charge is 0.235 e. The van der Waals surface area contributed by atoms with Crippen LogP contribution in [0.25, 0.3) is 0 Å². The molecule has 0 saturated carbocycles. The van der Waals surface area contributed by atoms with Crippen LogP contribution in [-0.4, -0.2) is 25.4 Å². The summed E-state index contributed by atoms with van der Waals surface area (Å²) >= 11 is 0. The van der Waals surface area contributed by atoms with Gasteiger partial charge in [0.1, 0.15) is 0 Å². The van der Waals surface area contributed by atoms with E-state index in [0.29, 0.717) is 5.69 Å². The van der Waals surface area contributed by atoms with E-state index in [0.717, 1.165) is 0 Å². The highest BCUT2D eigenvalue weighted by Gasteiger charge is 2.13. The predicted octanol–water partition coefficient (Wildman–Crippen LogP) is 0.809. The van der Waals surface area contributed by atoms with E-state index < -0.39 is 16.1 Å². The van der Waals surface area contributed by atoms with Crippen molar-refractivity contribution >= 4 is 15.7 Å². The lowest BCUT2D eigenvalue weighted by Crippen LogP contribution is -2.23. The van der Waals surface area contributed by atoms with E-state index >= 15 is 0 Å². The summed E-state index contributed by atoms with van der Waals surface area (Å²) in [6, 6.07) is 8.58. The zero-order valence-corrected chi connectivity index (χ0v) is 8.66. The lowest BCUT2D eigenvalue weighted by molar-refractivity contribution is 0.218. The Hall–Kier alpha value is -1.07. The van der Waals surface area contributed by atoms with E-state index in [1.807, 2.05) is 0 Å². The molecule has 0 fully saturated rings. The van der Waals surface area contributed by atoms with Gasteiger partial charge in [-0.15, -0.1) is 0 Å². The van der Waals surface area contributed by atoms with E-state index in [9.17, 15) is 8.42 Å². The molecule has 78 valence electrons. The fraction of sp³-hybridized carbons (Fsp3) is 0.333. The van der Waals surface area contributed by atoms with Crippen LogP contribution in [0.4, 0.5) is 5.69 Å². The van der Waals surface area contributed by atoms with Crippen molar-refractivity contribution in [3.8, 4) is 0 Å². The molecule has 0 aliphatic carbocycles. The number of anilines is 1. The van der Waals surface area contributed by atoms with Crippen molar-refractivity contribution in [2.75, 3.05) is 10.5 Å². The van der Waals surface area contributed by atoms with Gasteiger partial charge in [-0.05, 0) is 19.1 Å². The minimum atomic E-state index is -3.43. The molecule has 1 aromatic carbocycles. The number of sulfonamides is 1. The van der Waals surface area contributed by atoms with Gasteiger partial charge < -0.3 is 5.11 Å². The normalized spacial score (nSPS) is 13.6. The SMILES string of the molecule is CC(O)CS(=O)(=O)Nc1ccccc1. The second-order valence-electron chi connectivity index (χ2n) is 3.10. The van der Waals surface area contributed by atoms with Crippen molar-refractivity contribution in [2.24, 2.45) is 0 Å². The highest BCUT2D eigenvalue weighted by molar-refractivity contribution is 7.92. The van der Waals surface area contributed by atoms with E-state index in [-0.39, 0.29) is 5.75 Å². The number of aliphatic hydroxyl groups excluding tert-OH is 1. The Morgan fingerprint density at radius 3 is 2.43 bits per heavy atom. The lowest BCUT2D eigenvalue weighted by atomic mass is 10.3. The molecule has 0 aliphatic heterocycles. The zero-order valence-electron chi connectivity index (χ0n) is 7.84. The van der Waals surface area contributed by atoms with Gasteiger partial charge in [0.05, 0.1) is 11.9 Å². The Kier molecular flexibility index (Phi) is 3.49. The predicted molar refractivity (Wildman–Crippen MR) is 55.5 cm³/mol. The van der Waals surface area contributed by atoms with Gasteiger partial charge in [-0.1, -0.05) is 18.2 Å². The molecule has 0 saturated heterocycles. The highest BCUT2D eigenvalue weighted by Crippen LogP contribution is 2.08. The van der Waals surface area contributed by atoms with Crippen LogP contribution in [0.15, 0.2) is 30.3 Å². The number of hydrogen-bond acceptors (Lipinski definition) is 3. The van der Waals surface area contributed by atoms with Crippen molar-refractivity contribution in [3.63, 3.8) is 0 Å². The maximum Gasteiger partial charge on any atom is 0.235 e. The fourth-order valence-corrected chi connectivity index (χ4v) is 2.26. The van der Waals surface area contributed by atoms with Gasteiger partial charge >= 0.3 is 0 Å². The van der Waals surface area contributed by atoms with E-state index in [1.54, 1.807) is 30.3 Å². The van der Waals surface area contributed by atoms with Crippen molar-refractivity contribution in [3.05, 3.63) is 30.3 Å². The van der Waals surface area contributed by atoms with Gasteiger partial charge in [-0.3, -0.25) is 4.72 Å². The molecule has 0 radical (unpaired) electrons. The van der Waals surface area contributed by atoms with Gasteiger partial charge in [0, 0.05) is 5.69 Å². The van der Waals surface area contributed by atoms with Crippen LogP contribution >= 0.6 is 0 Å². The molecule has 0 aromatic heterocycles. The van der Waals surface area contributed by atoms with E-state index in [4.69, 9.17) is 5.11 Å². The average Bonchev–Trinajstić information content (AvgIpc) is 2.02. The first-order valence-electron chi connectivity index (χ1n) is 4.23. The molecular formula is C9H13NO3S. The molecule has 1 atom stereocenters. The molecule has 1 aromatic rings. The van der Waals surface area contributed by atoms with Crippen molar-refractivity contribution < 1.29 is 13.5 Å². The molecule has 1 unspecified atom stereocenters. The Morgan fingerprint density at radius 1 is 1.36 bits per heavy atom. The van der Waals surface area contributed by atoms with Crippen LogP contribution in [0.3, 0.4) is 0 Å². The number of rotatable bonds is 4. The quantitative estimate of drug-likeness (QED) is 0.781. The molecule has 1 rings (SSSR count). The summed E-state index contributed by atoms with van der Waals surface area (Å²) in [7, 11) is -3.43. The molecule has 2 N–H and O–H groups in total.